The summed E-state index contributed by atoms with van der Waals surface area (Å²) in [6.45, 7) is 1.58. The van der Waals surface area contributed by atoms with Crippen LogP contribution < -0.4 is 0 Å². The lowest BCUT2D eigenvalue weighted by atomic mass is 10.2. The highest BCUT2D eigenvalue weighted by Gasteiger charge is 2.29. The molecular weight excluding hydrogens is 260 g/mol. The van der Waals surface area contributed by atoms with Gasteiger partial charge < -0.3 is 9.80 Å². The minimum Gasteiger partial charge on any atom is -0.336 e. The van der Waals surface area contributed by atoms with Crippen LogP contribution in [0.2, 0.25) is 0 Å². The Kier molecular flexibility index (Phi) is 3.20. The maximum atomic E-state index is 12.5. The van der Waals surface area contributed by atoms with E-state index in [2.05, 4.69) is 29.0 Å². The Morgan fingerprint density at radius 2 is 2.32 bits per heavy atom. The number of fused-ring (bicyclic) bond motifs is 1. The number of hydrogen-bond acceptors (Lipinski definition) is 5. The highest BCUT2D eigenvalue weighted by Crippen LogP contribution is 2.23. The van der Waals surface area contributed by atoms with Crippen LogP contribution in [-0.2, 0) is 0 Å². The Morgan fingerprint density at radius 3 is 3.05 bits per heavy atom. The van der Waals surface area contributed by atoms with Gasteiger partial charge in [-0.05, 0) is 32.0 Å². The molecule has 0 bridgehead atoms. The Bertz CT molecular complexity index is 609. The smallest absolute Gasteiger partial charge is 0.273 e. The largest absolute Gasteiger partial charge is 0.336 e. The monoisotopic (exact) mass is 276 g/mol. The van der Waals surface area contributed by atoms with Gasteiger partial charge in [-0.25, -0.2) is 9.97 Å². The zero-order valence-corrected chi connectivity index (χ0v) is 11.9. The molecule has 3 rings (SSSR count). The Labute approximate surface area is 115 Å². The lowest BCUT2D eigenvalue weighted by Crippen LogP contribution is -2.34. The van der Waals surface area contributed by atoms with E-state index in [1.807, 2.05) is 16.3 Å². The summed E-state index contributed by atoms with van der Waals surface area (Å²) in [5, 5.41) is 2.81. The summed E-state index contributed by atoms with van der Waals surface area (Å²) in [4.78, 5) is 25.9. The van der Waals surface area contributed by atoms with Crippen LogP contribution in [-0.4, -0.2) is 58.9 Å². The quantitative estimate of drug-likeness (QED) is 0.833. The minimum absolute atomic E-state index is 0.0233. The van der Waals surface area contributed by atoms with Crippen LogP contribution in [0, 0.1) is 0 Å². The van der Waals surface area contributed by atoms with Gasteiger partial charge in [-0.1, -0.05) is 0 Å². The first-order valence-corrected chi connectivity index (χ1v) is 7.18. The fourth-order valence-electron chi connectivity index (χ4n) is 2.46. The third-order valence-corrected chi connectivity index (χ3v) is 4.47. The molecule has 1 amide bonds. The number of thiophene rings is 1. The van der Waals surface area contributed by atoms with Crippen LogP contribution in [0.25, 0.3) is 10.2 Å². The zero-order valence-electron chi connectivity index (χ0n) is 11.0. The molecule has 100 valence electrons. The molecule has 1 aliphatic rings. The van der Waals surface area contributed by atoms with Crippen LogP contribution in [0.1, 0.15) is 16.9 Å². The van der Waals surface area contributed by atoms with E-state index < -0.39 is 0 Å². The van der Waals surface area contributed by atoms with E-state index >= 15 is 0 Å². The fraction of sp³-hybridized carbons (Fsp3) is 0.462. The van der Waals surface area contributed by atoms with Gasteiger partial charge in [0.15, 0.2) is 0 Å². The third kappa shape index (κ3) is 2.21. The Balaban J connectivity index is 1.87. The summed E-state index contributed by atoms with van der Waals surface area (Å²) in [5.74, 6) is 0.0233. The molecule has 0 radical (unpaired) electrons. The minimum atomic E-state index is 0.0233. The first-order chi connectivity index (χ1) is 9.16. The number of amides is 1. The van der Waals surface area contributed by atoms with E-state index in [4.69, 9.17) is 0 Å². The average Bonchev–Trinajstić information content (AvgIpc) is 3.06. The predicted octanol–water partition coefficient (Wildman–Crippen LogP) is 1.47. The number of carbonyl (C=O) groups excluding carboxylic acids is 1. The van der Waals surface area contributed by atoms with Crippen molar-refractivity contribution in [2.24, 2.45) is 0 Å². The number of carbonyl (C=O) groups is 1. The maximum Gasteiger partial charge on any atom is 0.273 e. The summed E-state index contributed by atoms with van der Waals surface area (Å²) < 4.78 is 0. The van der Waals surface area contributed by atoms with Gasteiger partial charge in [0.05, 0.1) is 0 Å². The van der Waals surface area contributed by atoms with Gasteiger partial charge in [0.2, 0.25) is 0 Å². The standard InChI is InChI=1S/C13H16N4OS/c1-16(2)9-3-5-17(7-9)13(18)11-10-4-6-19-12(10)15-8-14-11/h4,6,8-9H,3,5,7H2,1-2H3/t9-/m1/s1. The highest BCUT2D eigenvalue weighted by molar-refractivity contribution is 7.16. The van der Waals surface area contributed by atoms with Crippen LogP contribution in [0.5, 0.6) is 0 Å². The van der Waals surface area contributed by atoms with E-state index in [9.17, 15) is 4.79 Å². The summed E-state index contributed by atoms with van der Waals surface area (Å²) in [6.07, 6.45) is 2.50. The Hall–Kier alpha value is -1.53. The number of likely N-dealkylation sites (tertiary alicyclic amines) is 1. The molecule has 0 saturated carbocycles. The second-order valence-corrected chi connectivity index (χ2v) is 5.91. The first-order valence-electron chi connectivity index (χ1n) is 6.30. The number of hydrogen-bond donors (Lipinski definition) is 0. The normalized spacial score (nSPS) is 19.5. The molecule has 1 saturated heterocycles. The second kappa shape index (κ2) is 4.86. The molecule has 3 heterocycles. The van der Waals surface area contributed by atoms with Crippen molar-refractivity contribution in [1.82, 2.24) is 19.8 Å². The topological polar surface area (TPSA) is 49.3 Å². The van der Waals surface area contributed by atoms with Crippen molar-refractivity contribution in [2.45, 2.75) is 12.5 Å². The van der Waals surface area contributed by atoms with Crippen LogP contribution in [0.15, 0.2) is 17.8 Å². The molecular formula is C13H16N4OS. The van der Waals surface area contributed by atoms with Gasteiger partial charge in [0.25, 0.3) is 5.91 Å². The van der Waals surface area contributed by atoms with Crippen molar-refractivity contribution in [3.8, 4) is 0 Å². The molecule has 1 aliphatic heterocycles. The Morgan fingerprint density at radius 1 is 1.47 bits per heavy atom. The lowest BCUT2D eigenvalue weighted by Gasteiger charge is -2.20. The molecule has 1 atom stereocenters. The van der Waals surface area contributed by atoms with Crippen molar-refractivity contribution in [3.05, 3.63) is 23.5 Å². The van der Waals surface area contributed by atoms with E-state index in [0.29, 0.717) is 11.7 Å². The molecule has 0 aromatic carbocycles. The average molecular weight is 276 g/mol. The molecule has 0 spiro atoms. The molecule has 0 N–H and O–H groups in total. The van der Waals surface area contributed by atoms with Gasteiger partial charge >= 0.3 is 0 Å². The van der Waals surface area contributed by atoms with E-state index in [-0.39, 0.29) is 5.91 Å². The van der Waals surface area contributed by atoms with Gasteiger partial charge in [-0.15, -0.1) is 11.3 Å². The van der Waals surface area contributed by atoms with Gasteiger partial charge in [0, 0.05) is 24.5 Å². The molecule has 2 aromatic heterocycles. The third-order valence-electron chi connectivity index (χ3n) is 3.65. The van der Waals surface area contributed by atoms with Gasteiger partial charge in [0.1, 0.15) is 16.9 Å². The summed E-state index contributed by atoms with van der Waals surface area (Å²) in [7, 11) is 4.11. The summed E-state index contributed by atoms with van der Waals surface area (Å²) in [5.41, 5.74) is 0.533. The fourth-order valence-corrected chi connectivity index (χ4v) is 3.19. The van der Waals surface area contributed by atoms with Gasteiger partial charge in [-0.2, -0.15) is 0 Å². The van der Waals surface area contributed by atoms with Crippen molar-refractivity contribution < 1.29 is 4.79 Å². The van der Waals surface area contributed by atoms with E-state index in [1.54, 1.807) is 0 Å². The number of likely N-dealkylation sites (N-methyl/N-ethyl adjacent to an activating group) is 1. The number of rotatable bonds is 2. The molecule has 19 heavy (non-hydrogen) atoms. The van der Waals surface area contributed by atoms with E-state index in [0.717, 1.165) is 29.7 Å². The lowest BCUT2D eigenvalue weighted by molar-refractivity contribution is 0.0779. The zero-order chi connectivity index (χ0) is 13.4. The molecule has 6 heteroatoms. The van der Waals surface area contributed by atoms with Crippen LogP contribution in [0.3, 0.4) is 0 Å². The van der Waals surface area contributed by atoms with E-state index in [1.165, 1.54) is 17.7 Å². The van der Waals surface area contributed by atoms with Crippen molar-refractivity contribution in [3.63, 3.8) is 0 Å². The molecule has 0 aliphatic carbocycles. The first kappa shape index (κ1) is 12.5. The van der Waals surface area contributed by atoms with Crippen LogP contribution in [0.4, 0.5) is 0 Å². The highest BCUT2D eigenvalue weighted by atomic mass is 32.1. The van der Waals surface area contributed by atoms with Crippen LogP contribution >= 0.6 is 11.3 Å². The summed E-state index contributed by atoms with van der Waals surface area (Å²) in [6, 6.07) is 2.37. The van der Waals surface area contributed by atoms with Crippen molar-refractivity contribution in [1.29, 1.82) is 0 Å². The molecule has 1 fully saturated rings. The maximum absolute atomic E-state index is 12.5. The SMILES string of the molecule is CN(C)[C@@H]1CCN(C(=O)c2ncnc3sccc23)C1. The summed E-state index contributed by atoms with van der Waals surface area (Å²) >= 11 is 1.54. The molecule has 5 nitrogen and oxygen atoms in total. The van der Waals surface area contributed by atoms with Gasteiger partial charge in [-0.3, -0.25) is 4.79 Å². The molecule has 2 aromatic rings. The van der Waals surface area contributed by atoms with Crippen molar-refractivity contribution in [2.75, 3.05) is 27.2 Å². The predicted molar refractivity (Wildman–Crippen MR) is 75.4 cm³/mol. The number of aromatic nitrogens is 2. The second-order valence-electron chi connectivity index (χ2n) is 5.02. The molecule has 0 unspecified atom stereocenters. The number of nitrogens with zero attached hydrogens (tertiary/aromatic N) is 4. The van der Waals surface area contributed by atoms with Crippen molar-refractivity contribution >= 4 is 27.5 Å².